The van der Waals surface area contributed by atoms with Crippen LogP contribution >= 0.6 is 0 Å². The van der Waals surface area contributed by atoms with Crippen LogP contribution in [-0.4, -0.2) is 59.6 Å². The number of methoxy groups -OCH3 is 1. The van der Waals surface area contributed by atoms with Crippen molar-refractivity contribution in [2.45, 2.75) is 77.5 Å². The highest BCUT2D eigenvalue weighted by Crippen LogP contribution is 2.93. The van der Waals surface area contributed by atoms with E-state index in [-0.39, 0.29) is 46.2 Å². The van der Waals surface area contributed by atoms with Crippen LogP contribution in [0.5, 0.6) is 11.5 Å². The van der Waals surface area contributed by atoms with Gasteiger partial charge in [0.1, 0.15) is 18.2 Å². The Bertz CT molecular complexity index is 1270. The van der Waals surface area contributed by atoms with E-state index in [0.29, 0.717) is 30.9 Å². The summed E-state index contributed by atoms with van der Waals surface area (Å²) in [5.74, 6) is -0.535. The van der Waals surface area contributed by atoms with Gasteiger partial charge >= 0.3 is 5.97 Å². The third kappa shape index (κ3) is 3.90. The Balaban J connectivity index is 1.22. The lowest BCUT2D eigenvalue weighted by Crippen LogP contribution is -2.54. The summed E-state index contributed by atoms with van der Waals surface area (Å²) in [7, 11) is 1.43. The van der Waals surface area contributed by atoms with Crippen molar-refractivity contribution in [1.82, 2.24) is 10.2 Å². The van der Waals surface area contributed by atoms with Crippen LogP contribution in [0.2, 0.25) is 0 Å². The predicted molar refractivity (Wildman–Crippen MR) is 142 cm³/mol. The van der Waals surface area contributed by atoms with Crippen LogP contribution in [0.25, 0.3) is 6.08 Å². The first-order chi connectivity index (χ1) is 18.5. The van der Waals surface area contributed by atoms with Gasteiger partial charge in [-0.3, -0.25) is 9.59 Å². The van der Waals surface area contributed by atoms with Gasteiger partial charge in [-0.05, 0) is 72.6 Å². The molecular formula is C30H37N3O6. The van der Waals surface area contributed by atoms with Crippen LogP contribution in [0.3, 0.4) is 0 Å². The number of nitriles is 1. The normalized spacial score (nSPS) is 32.4. The maximum absolute atomic E-state index is 13.4. The lowest BCUT2D eigenvalue weighted by molar-refractivity contribution is -0.177. The number of hydrogen-bond donors (Lipinski definition) is 2. The van der Waals surface area contributed by atoms with Crippen molar-refractivity contribution in [2.75, 3.05) is 13.7 Å². The zero-order valence-electron chi connectivity index (χ0n) is 23.0. The molecule has 4 fully saturated rings. The number of nitrogens with one attached hydrogen (secondary N) is 1. The van der Waals surface area contributed by atoms with E-state index in [1.165, 1.54) is 36.6 Å². The van der Waals surface area contributed by atoms with Gasteiger partial charge in [0.25, 0.3) is 0 Å². The SMILES string of the molecule is COc1cc(/C=C/C(=O)NC(CC#N)C(=O)N2CCCC2C(=O)OC2CC3CCC4(C)C(C)(C)C324)ccc1O. The summed E-state index contributed by atoms with van der Waals surface area (Å²) in [6.45, 7) is 7.26. The van der Waals surface area contributed by atoms with Gasteiger partial charge in [-0.1, -0.05) is 26.8 Å². The second kappa shape index (κ2) is 9.58. The summed E-state index contributed by atoms with van der Waals surface area (Å²) in [5.41, 5.74) is 0.993. The number of hydrogen-bond acceptors (Lipinski definition) is 7. The molecule has 6 atom stereocenters. The molecule has 3 aliphatic carbocycles. The number of carbonyl (C=O) groups excluding carboxylic acids is 3. The molecule has 208 valence electrons. The van der Waals surface area contributed by atoms with Crippen LogP contribution in [-0.2, 0) is 19.1 Å². The topological polar surface area (TPSA) is 129 Å². The molecular weight excluding hydrogens is 498 g/mol. The first kappa shape index (κ1) is 27.0. The first-order valence-corrected chi connectivity index (χ1v) is 13.8. The van der Waals surface area contributed by atoms with Gasteiger partial charge in [0.15, 0.2) is 11.5 Å². The minimum absolute atomic E-state index is 0.0210. The first-order valence-electron chi connectivity index (χ1n) is 13.8. The van der Waals surface area contributed by atoms with Crippen molar-refractivity contribution in [3.05, 3.63) is 29.8 Å². The van der Waals surface area contributed by atoms with Crippen molar-refractivity contribution in [3.8, 4) is 17.6 Å². The van der Waals surface area contributed by atoms with E-state index in [2.05, 4.69) is 26.1 Å². The molecule has 6 unspecified atom stereocenters. The number of likely N-dealkylation sites (tertiary alicyclic amines) is 1. The summed E-state index contributed by atoms with van der Waals surface area (Å²) in [6, 6.07) is 4.81. The van der Waals surface area contributed by atoms with Crippen LogP contribution < -0.4 is 10.1 Å². The molecule has 1 spiro atoms. The minimum Gasteiger partial charge on any atom is -0.504 e. The molecule has 5 rings (SSSR count). The number of rotatable bonds is 8. The van der Waals surface area contributed by atoms with Gasteiger partial charge in [0.2, 0.25) is 11.8 Å². The molecule has 39 heavy (non-hydrogen) atoms. The molecule has 1 aromatic rings. The zero-order valence-corrected chi connectivity index (χ0v) is 23.0. The van der Waals surface area contributed by atoms with E-state index in [1.54, 1.807) is 12.1 Å². The number of phenolic OH excluding ortho intramolecular Hbond substituents is 1. The van der Waals surface area contributed by atoms with Gasteiger partial charge < -0.3 is 24.8 Å². The van der Waals surface area contributed by atoms with Crippen molar-refractivity contribution in [1.29, 1.82) is 5.26 Å². The van der Waals surface area contributed by atoms with Crippen LogP contribution in [0.1, 0.15) is 64.9 Å². The molecule has 9 heteroatoms. The number of ether oxygens (including phenoxy) is 2. The van der Waals surface area contributed by atoms with E-state index in [1.807, 2.05) is 6.07 Å². The number of aromatic hydroxyl groups is 1. The summed E-state index contributed by atoms with van der Waals surface area (Å²) >= 11 is 0. The molecule has 0 bridgehead atoms. The molecule has 4 aliphatic rings. The van der Waals surface area contributed by atoms with Gasteiger partial charge in [-0.25, -0.2) is 4.79 Å². The molecule has 0 radical (unpaired) electrons. The van der Waals surface area contributed by atoms with Crippen molar-refractivity contribution < 1.29 is 29.0 Å². The molecule has 2 N–H and O–H groups in total. The highest BCUT2D eigenvalue weighted by molar-refractivity contribution is 5.96. The number of esters is 1. The van der Waals surface area contributed by atoms with Gasteiger partial charge in [0.05, 0.1) is 19.6 Å². The van der Waals surface area contributed by atoms with Crippen molar-refractivity contribution in [2.24, 2.45) is 22.2 Å². The van der Waals surface area contributed by atoms with Gasteiger partial charge in [0, 0.05) is 18.0 Å². The summed E-state index contributed by atoms with van der Waals surface area (Å²) in [6.07, 6.45) is 6.83. The number of phenols is 1. The molecule has 1 aliphatic heterocycles. The van der Waals surface area contributed by atoms with E-state index in [0.717, 1.165) is 12.8 Å². The highest BCUT2D eigenvalue weighted by Gasteiger charge is 2.91. The lowest BCUT2D eigenvalue weighted by atomic mass is 9.64. The molecule has 1 saturated heterocycles. The average molecular weight is 536 g/mol. The largest absolute Gasteiger partial charge is 0.504 e. The van der Waals surface area contributed by atoms with Crippen molar-refractivity contribution >= 4 is 23.9 Å². The van der Waals surface area contributed by atoms with Gasteiger partial charge in [-0.15, -0.1) is 0 Å². The fourth-order valence-electron chi connectivity index (χ4n) is 8.36. The Morgan fingerprint density at radius 1 is 1.28 bits per heavy atom. The molecule has 2 amide bonds. The number of benzene rings is 1. The van der Waals surface area contributed by atoms with Crippen LogP contribution in [0, 0.1) is 33.5 Å². The van der Waals surface area contributed by atoms with Crippen LogP contribution in [0.4, 0.5) is 0 Å². The Morgan fingerprint density at radius 2 is 2.05 bits per heavy atom. The molecule has 1 aromatic carbocycles. The standard InChI is InChI=1S/C30H37N3O6/c1-28(2)29(3)13-11-19-17-24(30(19,28)29)39-27(37)21-6-5-15-33(21)26(36)20(12-14-31)32-25(35)10-8-18-7-9-22(34)23(16-18)38-4/h7-10,16,19-21,24,34H,5-6,11-13,15,17H2,1-4H3,(H,32,35)/b10-8+. The highest BCUT2D eigenvalue weighted by atomic mass is 16.5. The number of nitrogens with zero attached hydrogens (tertiary/aromatic N) is 2. The summed E-state index contributed by atoms with van der Waals surface area (Å²) in [4.78, 5) is 40.9. The van der Waals surface area contributed by atoms with E-state index in [4.69, 9.17) is 9.47 Å². The van der Waals surface area contributed by atoms with E-state index >= 15 is 0 Å². The second-order valence-corrected chi connectivity index (χ2v) is 12.1. The quantitative estimate of drug-likeness (QED) is 0.385. The van der Waals surface area contributed by atoms with Gasteiger partial charge in [-0.2, -0.15) is 5.26 Å². The number of amides is 2. The maximum atomic E-state index is 13.4. The summed E-state index contributed by atoms with van der Waals surface area (Å²) in [5, 5.41) is 21.7. The fourth-order valence-corrected chi connectivity index (χ4v) is 8.36. The fraction of sp³-hybridized carbons (Fsp3) is 0.600. The van der Waals surface area contributed by atoms with E-state index < -0.39 is 23.9 Å². The molecule has 1 heterocycles. The zero-order chi connectivity index (χ0) is 28.2. The summed E-state index contributed by atoms with van der Waals surface area (Å²) < 4.78 is 11.2. The molecule has 0 aromatic heterocycles. The monoisotopic (exact) mass is 535 g/mol. The third-order valence-corrected chi connectivity index (χ3v) is 10.5. The average Bonchev–Trinajstić information content (AvgIpc) is 3.25. The molecule has 3 saturated carbocycles. The second-order valence-electron chi connectivity index (χ2n) is 12.1. The van der Waals surface area contributed by atoms with Crippen molar-refractivity contribution in [3.63, 3.8) is 0 Å². The lowest BCUT2D eigenvalue weighted by Gasteiger charge is -2.46. The van der Waals surface area contributed by atoms with E-state index in [9.17, 15) is 24.8 Å². The smallest absolute Gasteiger partial charge is 0.329 e. The van der Waals surface area contributed by atoms with Crippen LogP contribution in [0.15, 0.2) is 24.3 Å². The third-order valence-electron chi connectivity index (χ3n) is 10.5. The maximum Gasteiger partial charge on any atom is 0.329 e. The Hall–Kier alpha value is -3.54. The predicted octanol–water partition coefficient (Wildman–Crippen LogP) is 3.56. The Morgan fingerprint density at radius 3 is 2.72 bits per heavy atom. The molecule has 9 nitrogen and oxygen atoms in total. The Labute approximate surface area is 229 Å². The number of carbonyl (C=O) groups is 3. The minimum atomic E-state index is -1.08. The Kier molecular flexibility index (Phi) is 6.64.